The van der Waals surface area contributed by atoms with Crippen LogP contribution in [0, 0.1) is 19.3 Å². The molecule has 0 radical (unpaired) electrons. The number of amidine groups is 1. The zero-order valence-corrected chi connectivity index (χ0v) is 11.1. The highest BCUT2D eigenvalue weighted by molar-refractivity contribution is 7.99. The summed E-state index contributed by atoms with van der Waals surface area (Å²) in [5.41, 5.74) is 8.20. The van der Waals surface area contributed by atoms with E-state index in [0.717, 1.165) is 15.7 Å². The number of hydrogen-bond donors (Lipinski definition) is 2. The highest BCUT2D eigenvalue weighted by Crippen LogP contribution is 2.25. The molecule has 2 aromatic heterocycles. The Morgan fingerprint density at radius 3 is 2.56 bits per heavy atom. The molecule has 18 heavy (non-hydrogen) atoms. The molecule has 0 fully saturated rings. The first-order valence-corrected chi connectivity index (χ1v) is 6.30. The second-order valence-corrected chi connectivity index (χ2v) is 5.07. The fourth-order valence-corrected chi connectivity index (χ4v) is 2.45. The number of aromatic nitrogens is 2. The predicted octanol–water partition coefficient (Wildman–Crippen LogP) is 2.53. The van der Waals surface area contributed by atoms with E-state index in [1.54, 1.807) is 12.3 Å². The molecule has 0 spiro atoms. The van der Waals surface area contributed by atoms with Crippen LogP contribution in [0.25, 0.3) is 0 Å². The van der Waals surface area contributed by atoms with E-state index >= 15 is 0 Å². The first kappa shape index (κ1) is 12.6. The summed E-state index contributed by atoms with van der Waals surface area (Å²) in [6, 6.07) is 7.70. The summed E-state index contributed by atoms with van der Waals surface area (Å²) in [4.78, 5) is 8.70. The monoisotopic (exact) mass is 258 g/mol. The van der Waals surface area contributed by atoms with Crippen molar-refractivity contribution in [3.63, 3.8) is 0 Å². The molecule has 2 rings (SSSR count). The summed E-state index contributed by atoms with van der Waals surface area (Å²) < 4.78 is 0. The van der Waals surface area contributed by atoms with Gasteiger partial charge >= 0.3 is 0 Å². The maximum absolute atomic E-state index is 7.30. The van der Waals surface area contributed by atoms with Gasteiger partial charge in [0.25, 0.3) is 0 Å². The molecule has 0 aliphatic rings. The molecule has 0 aliphatic carbocycles. The third kappa shape index (κ3) is 3.07. The van der Waals surface area contributed by atoms with Crippen molar-refractivity contribution in [2.45, 2.75) is 23.9 Å². The minimum absolute atomic E-state index is 0.0311. The van der Waals surface area contributed by atoms with Crippen LogP contribution in [0.3, 0.4) is 0 Å². The Kier molecular flexibility index (Phi) is 3.62. The van der Waals surface area contributed by atoms with Crippen molar-refractivity contribution in [3.8, 4) is 0 Å². The lowest BCUT2D eigenvalue weighted by Crippen LogP contribution is -2.11. The highest BCUT2D eigenvalue weighted by atomic mass is 32.2. The minimum atomic E-state index is 0.0311. The molecule has 0 unspecified atom stereocenters. The van der Waals surface area contributed by atoms with Gasteiger partial charge in [0, 0.05) is 17.5 Å². The van der Waals surface area contributed by atoms with Gasteiger partial charge in [0.15, 0.2) is 0 Å². The average molecular weight is 258 g/mol. The van der Waals surface area contributed by atoms with Crippen LogP contribution in [0.15, 0.2) is 40.5 Å². The number of nitrogen functional groups attached to an aromatic ring is 1. The molecule has 5 heteroatoms. The number of nitrogens with two attached hydrogens (primary N) is 1. The van der Waals surface area contributed by atoms with E-state index < -0.39 is 0 Å². The van der Waals surface area contributed by atoms with Gasteiger partial charge < -0.3 is 5.73 Å². The second-order valence-electron chi connectivity index (χ2n) is 4.02. The Balaban J connectivity index is 2.20. The first-order valence-electron chi connectivity index (χ1n) is 5.48. The molecule has 0 aliphatic heterocycles. The third-order valence-corrected chi connectivity index (χ3v) is 3.20. The lowest BCUT2D eigenvalue weighted by Gasteiger charge is -2.04. The SMILES string of the molecule is Cc1cc(C)nc(Sc2ccc(C(=N)N)cn2)c1. The van der Waals surface area contributed by atoms with Crippen molar-refractivity contribution < 1.29 is 0 Å². The molecule has 3 N–H and O–H groups in total. The first-order chi connectivity index (χ1) is 8.54. The van der Waals surface area contributed by atoms with Crippen LogP contribution in [0.5, 0.6) is 0 Å². The maximum Gasteiger partial charge on any atom is 0.124 e. The van der Waals surface area contributed by atoms with Gasteiger partial charge in [-0.2, -0.15) is 0 Å². The molecule has 0 amide bonds. The van der Waals surface area contributed by atoms with E-state index in [2.05, 4.69) is 9.97 Å². The molecule has 0 atom stereocenters. The number of nitrogens with one attached hydrogen (secondary N) is 1. The standard InChI is InChI=1S/C13H14N4S/c1-8-5-9(2)17-12(6-8)18-11-4-3-10(7-16-11)13(14)15/h3-7H,1-2H3,(H3,14,15). The summed E-state index contributed by atoms with van der Waals surface area (Å²) in [7, 11) is 0. The minimum Gasteiger partial charge on any atom is -0.384 e. The van der Waals surface area contributed by atoms with Gasteiger partial charge in [-0.25, -0.2) is 9.97 Å². The Labute approximate surface area is 110 Å². The lowest BCUT2D eigenvalue weighted by molar-refractivity contribution is 1.03. The molecule has 2 heterocycles. The zero-order chi connectivity index (χ0) is 13.1. The summed E-state index contributed by atoms with van der Waals surface area (Å²) in [6.07, 6.45) is 1.60. The molecule has 0 saturated heterocycles. The highest BCUT2D eigenvalue weighted by Gasteiger charge is 2.03. The van der Waals surface area contributed by atoms with Gasteiger partial charge in [0.05, 0.1) is 0 Å². The molecule has 0 aromatic carbocycles. The van der Waals surface area contributed by atoms with Crippen LogP contribution in [0.1, 0.15) is 16.8 Å². The van der Waals surface area contributed by atoms with E-state index in [1.165, 1.54) is 17.3 Å². The number of nitrogens with zero attached hydrogens (tertiary/aromatic N) is 2. The number of rotatable bonds is 3. The largest absolute Gasteiger partial charge is 0.384 e. The van der Waals surface area contributed by atoms with Crippen LogP contribution in [0.4, 0.5) is 0 Å². The van der Waals surface area contributed by atoms with Crippen molar-refractivity contribution in [3.05, 3.63) is 47.3 Å². The zero-order valence-electron chi connectivity index (χ0n) is 10.3. The van der Waals surface area contributed by atoms with Crippen LogP contribution in [0.2, 0.25) is 0 Å². The smallest absolute Gasteiger partial charge is 0.124 e. The Morgan fingerprint density at radius 1 is 1.22 bits per heavy atom. The van der Waals surface area contributed by atoms with Crippen molar-refractivity contribution in [2.75, 3.05) is 0 Å². The molecule has 0 bridgehead atoms. The van der Waals surface area contributed by atoms with Gasteiger partial charge in [-0.1, -0.05) is 11.8 Å². The molecular weight excluding hydrogens is 244 g/mol. The van der Waals surface area contributed by atoms with Gasteiger partial charge in [-0.15, -0.1) is 0 Å². The molecule has 4 nitrogen and oxygen atoms in total. The van der Waals surface area contributed by atoms with E-state index in [-0.39, 0.29) is 5.84 Å². The Bertz CT molecular complexity index is 558. The Morgan fingerprint density at radius 2 is 2.00 bits per heavy atom. The molecule has 2 aromatic rings. The number of pyridine rings is 2. The topological polar surface area (TPSA) is 75.7 Å². The van der Waals surface area contributed by atoms with Crippen molar-refractivity contribution in [2.24, 2.45) is 5.73 Å². The summed E-state index contributed by atoms with van der Waals surface area (Å²) >= 11 is 1.50. The average Bonchev–Trinajstić information content (AvgIpc) is 2.28. The van der Waals surface area contributed by atoms with Crippen molar-refractivity contribution >= 4 is 17.6 Å². The van der Waals surface area contributed by atoms with Gasteiger partial charge in [-0.3, -0.25) is 5.41 Å². The quantitative estimate of drug-likeness (QED) is 0.655. The van der Waals surface area contributed by atoms with Crippen LogP contribution >= 0.6 is 11.8 Å². The number of aryl methyl sites for hydroxylation is 2. The Hall–Kier alpha value is -1.88. The number of hydrogen-bond acceptors (Lipinski definition) is 4. The summed E-state index contributed by atoms with van der Waals surface area (Å²) in [5.74, 6) is 0.0311. The summed E-state index contributed by atoms with van der Waals surface area (Å²) in [6.45, 7) is 4.02. The van der Waals surface area contributed by atoms with Crippen molar-refractivity contribution in [1.82, 2.24) is 9.97 Å². The molecule has 92 valence electrons. The normalized spacial score (nSPS) is 10.3. The van der Waals surface area contributed by atoms with Gasteiger partial charge in [0.2, 0.25) is 0 Å². The fourth-order valence-electron chi connectivity index (χ4n) is 1.56. The third-order valence-electron chi connectivity index (χ3n) is 2.33. The van der Waals surface area contributed by atoms with E-state index in [4.69, 9.17) is 11.1 Å². The fraction of sp³-hybridized carbons (Fsp3) is 0.154. The van der Waals surface area contributed by atoms with Crippen LogP contribution in [-0.4, -0.2) is 15.8 Å². The molecular formula is C13H14N4S. The van der Waals surface area contributed by atoms with E-state index in [0.29, 0.717) is 5.56 Å². The van der Waals surface area contributed by atoms with E-state index in [1.807, 2.05) is 32.0 Å². The lowest BCUT2D eigenvalue weighted by atomic mass is 10.3. The van der Waals surface area contributed by atoms with Crippen LogP contribution in [-0.2, 0) is 0 Å². The van der Waals surface area contributed by atoms with E-state index in [9.17, 15) is 0 Å². The van der Waals surface area contributed by atoms with Crippen LogP contribution < -0.4 is 5.73 Å². The second kappa shape index (κ2) is 5.18. The predicted molar refractivity (Wildman–Crippen MR) is 73.1 cm³/mol. The van der Waals surface area contributed by atoms with Crippen molar-refractivity contribution in [1.29, 1.82) is 5.41 Å². The van der Waals surface area contributed by atoms with Gasteiger partial charge in [-0.05, 0) is 43.7 Å². The van der Waals surface area contributed by atoms with Gasteiger partial charge in [0.1, 0.15) is 15.9 Å². The maximum atomic E-state index is 7.30. The molecule has 0 saturated carbocycles. The summed E-state index contributed by atoms with van der Waals surface area (Å²) in [5, 5.41) is 9.07.